The number of anilines is 1. The van der Waals surface area contributed by atoms with Gasteiger partial charge in [0, 0.05) is 32.8 Å². The van der Waals surface area contributed by atoms with Gasteiger partial charge in [0.2, 0.25) is 5.88 Å². The van der Waals surface area contributed by atoms with Crippen molar-refractivity contribution in [3.05, 3.63) is 11.9 Å². The zero-order valence-corrected chi connectivity index (χ0v) is 13.5. The van der Waals surface area contributed by atoms with Gasteiger partial charge in [-0.2, -0.15) is 4.98 Å². The first-order valence-electron chi connectivity index (χ1n) is 7.85. The maximum atomic E-state index is 5.47. The summed E-state index contributed by atoms with van der Waals surface area (Å²) >= 11 is 0. The second-order valence-corrected chi connectivity index (χ2v) is 5.11. The number of hydrogen-bond donors (Lipinski definition) is 1. The Morgan fingerprint density at radius 1 is 1.32 bits per heavy atom. The van der Waals surface area contributed by atoms with Crippen molar-refractivity contribution in [2.75, 3.05) is 58.4 Å². The highest BCUT2D eigenvalue weighted by atomic mass is 16.5. The zero-order valence-electron chi connectivity index (χ0n) is 13.5. The first-order valence-corrected chi connectivity index (χ1v) is 7.85. The highest BCUT2D eigenvalue weighted by Crippen LogP contribution is 2.14. The molecule has 0 spiro atoms. The van der Waals surface area contributed by atoms with Gasteiger partial charge in [0.25, 0.3) is 0 Å². The van der Waals surface area contributed by atoms with Crippen LogP contribution in [0.1, 0.15) is 19.2 Å². The highest BCUT2D eigenvalue weighted by molar-refractivity contribution is 5.38. The van der Waals surface area contributed by atoms with E-state index in [1.807, 2.05) is 13.0 Å². The van der Waals surface area contributed by atoms with E-state index in [1.165, 1.54) is 0 Å². The monoisotopic (exact) mass is 310 g/mol. The second kappa shape index (κ2) is 9.55. The van der Waals surface area contributed by atoms with Gasteiger partial charge in [-0.05, 0) is 19.9 Å². The number of rotatable bonds is 9. The summed E-state index contributed by atoms with van der Waals surface area (Å²) in [6, 6.07) is 1.83. The van der Waals surface area contributed by atoms with Crippen LogP contribution >= 0.6 is 0 Å². The molecule has 2 heterocycles. The maximum Gasteiger partial charge on any atom is 0.218 e. The molecule has 0 aliphatic carbocycles. The Bertz CT molecular complexity index is 415. The molecule has 1 aromatic rings. The molecule has 7 nitrogen and oxygen atoms in total. The molecule has 1 aliphatic heterocycles. The molecule has 1 aromatic heterocycles. The van der Waals surface area contributed by atoms with Crippen molar-refractivity contribution in [1.82, 2.24) is 14.9 Å². The summed E-state index contributed by atoms with van der Waals surface area (Å²) in [5.74, 6) is 2.00. The molecule has 7 heteroatoms. The van der Waals surface area contributed by atoms with Gasteiger partial charge in [-0.15, -0.1) is 0 Å². The molecular weight excluding hydrogens is 284 g/mol. The summed E-state index contributed by atoms with van der Waals surface area (Å²) in [6.07, 6.45) is 1.06. The van der Waals surface area contributed by atoms with E-state index in [4.69, 9.17) is 14.2 Å². The van der Waals surface area contributed by atoms with Crippen LogP contribution in [0.25, 0.3) is 0 Å². The van der Waals surface area contributed by atoms with Gasteiger partial charge < -0.3 is 19.5 Å². The third-order valence-corrected chi connectivity index (χ3v) is 3.38. The van der Waals surface area contributed by atoms with Crippen LogP contribution in [0.3, 0.4) is 0 Å². The maximum absolute atomic E-state index is 5.47. The Balaban J connectivity index is 1.79. The molecule has 0 unspecified atom stereocenters. The Kier molecular flexibility index (Phi) is 7.35. The lowest BCUT2D eigenvalue weighted by Gasteiger charge is -2.26. The molecule has 0 atom stereocenters. The van der Waals surface area contributed by atoms with Gasteiger partial charge in [0.05, 0.1) is 19.8 Å². The number of nitrogens with one attached hydrogen (secondary N) is 1. The predicted octanol–water partition coefficient (Wildman–Crippen LogP) is 1.16. The Morgan fingerprint density at radius 2 is 2.14 bits per heavy atom. The Labute approximate surface area is 132 Å². The third-order valence-electron chi connectivity index (χ3n) is 3.38. The number of nitrogens with zero attached hydrogens (tertiary/aromatic N) is 3. The molecule has 0 radical (unpaired) electrons. The van der Waals surface area contributed by atoms with Gasteiger partial charge in [0.1, 0.15) is 12.4 Å². The molecule has 1 aliphatic rings. The number of ether oxygens (including phenoxy) is 3. The number of morpholine rings is 1. The van der Waals surface area contributed by atoms with E-state index >= 15 is 0 Å². The van der Waals surface area contributed by atoms with Crippen LogP contribution < -0.4 is 10.1 Å². The fourth-order valence-corrected chi connectivity index (χ4v) is 2.32. The quantitative estimate of drug-likeness (QED) is 0.686. The lowest BCUT2D eigenvalue weighted by Crippen LogP contribution is -2.37. The minimum Gasteiger partial charge on any atom is -0.478 e. The topological polar surface area (TPSA) is 68.7 Å². The van der Waals surface area contributed by atoms with Crippen molar-refractivity contribution in [1.29, 1.82) is 0 Å². The summed E-state index contributed by atoms with van der Waals surface area (Å²) in [5.41, 5.74) is 0. The number of hydrogen-bond acceptors (Lipinski definition) is 7. The fraction of sp³-hybridized carbons (Fsp3) is 0.733. The predicted molar refractivity (Wildman–Crippen MR) is 84.3 cm³/mol. The molecule has 0 bridgehead atoms. The number of methoxy groups -OCH3 is 1. The van der Waals surface area contributed by atoms with Crippen LogP contribution in [-0.4, -0.2) is 68.0 Å². The van der Waals surface area contributed by atoms with Crippen LogP contribution in [0.5, 0.6) is 5.88 Å². The average molecular weight is 310 g/mol. The molecule has 0 aromatic carbocycles. The van der Waals surface area contributed by atoms with Crippen molar-refractivity contribution < 1.29 is 14.2 Å². The second-order valence-electron chi connectivity index (χ2n) is 5.11. The van der Waals surface area contributed by atoms with Crippen LogP contribution in [0.4, 0.5) is 5.82 Å². The third kappa shape index (κ3) is 5.75. The first-order chi connectivity index (χ1) is 10.8. The minimum absolute atomic E-state index is 0.378. The molecule has 124 valence electrons. The van der Waals surface area contributed by atoms with E-state index in [-0.39, 0.29) is 0 Å². The normalized spacial score (nSPS) is 15.7. The summed E-state index contributed by atoms with van der Waals surface area (Å²) < 4.78 is 15.9. The standard InChI is InChI=1S/C15H26N4O3/c1-3-22-15-11-13(17-14(18-15)12-20-2)16-5-4-6-19-7-9-21-10-8-19/h11H,3-10,12H2,1-2H3,(H,16,17,18). The summed E-state index contributed by atoms with van der Waals surface area (Å²) in [7, 11) is 1.63. The first kappa shape index (κ1) is 16.9. The van der Waals surface area contributed by atoms with E-state index in [9.17, 15) is 0 Å². The molecule has 22 heavy (non-hydrogen) atoms. The van der Waals surface area contributed by atoms with Gasteiger partial charge in [-0.1, -0.05) is 0 Å². The van der Waals surface area contributed by atoms with E-state index in [2.05, 4.69) is 20.2 Å². The van der Waals surface area contributed by atoms with E-state index in [0.29, 0.717) is 24.9 Å². The summed E-state index contributed by atoms with van der Waals surface area (Å²) in [6.45, 7) is 8.59. The van der Waals surface area contributed by atoms with E-state index < -0.39 is 0 Å². The van der Waals surface area contributed by atoms with Crippen molar-refractivity contribution in [3.8, 4) is 5.88 Å². The summed E-state index contributed by atoms with van der Waals surface area (Å²) in [5, 5.41) is 3.34. The lowest BCUT2D eigenvalue weighted by atomic mass is 10.3. The lowest BCUT2D eigenvalue weighted by molar-refractivity contribution is 0.0378. The molecule has 2 rings (SSSR count). The van der Waals surface area contributed by atoms with Gasteiger partial charge >= 0.3 is 0 Å². The van der Waals surface area contributed by atoms with E-state index in [1.54, 1.807) is 7.11 Å². The van der Waals surface area contributed by atoms with Crippen LogP contribution in [0, 0.1) is 0 Å². The largest absolute Gasteiger partial charge is 0.478 e. The average Bonchev–Trinajstić information content (AvgIpc) is 2.53. The SMILES string of the molecule is CCOc1cc(NCCCN2CCOCC2)nc(COC)n1. The fourth-order valence-electron chi connectivity index (χ4n) is 2.32. The minimum atomic E-state index is 0.378. The van der Waals surface area contributed by atoms with E-state index in [0.717, 1.165) is 51.6 Å². The number of aromatic nitrogens is 2. The van der Waals surface area contributed by atoms with Crippen molar-refractivity contribution in [2.45, 2.75) is 20.0 Å². The Morgan fingerprint density at radius 3 is 2.86 bits per heavy atom. The smallest absolute Gasteiger partial charge is 0.218 e. The van der Waals surface area contributed by atoms with Crippen LogP contribution in [0.15, 0.2) is 6.07 Å². The van der Waals surface area contributed by atoms with Crippen LogP contribution in [-0.2, 0) is 16.1 Å². The van der Waals surface area contributed by atoms with Gasteiger partial charge in [-0.25, -0.2) is 4.98 Å². The molecule has 1 fully saturated rings. The van der Waals surface area contributed by atoms with Crippen molar-refractivity contribution in [3.63, 3.8) is 0 Å². The highest BCUT2D eigenvalue weighted by Gasteiger charge is 2.09. The molecule has 0 saturated carbocycles. The zero-order chi connectivity index (χ0) is 15.6. The van der Waals surface area contributed by atoms with Crippen molar-refractivity contribution >= 4 is 5.82 Å². The molecular formula is C15H26N4O3. The van der Waals surface area contributed by atoms with Gasteiger partial charge in [0.15, 0.2) is 5.82 Å². The van der Waals surface area contributed by atoms with Crippen LogP contribution in [0.2, 0.25) is 0 Å². The van der Waals surface area contributed by atoms with Gasteiger partial charge in [-0.3, -0.25) is 4.90 Å². The van der Waals surface area contributed by atoms with Crippen molar-refractivity contribution in [2.24, 2.45) is 0 Å². The Hall–Kier alpha value is -1.44. The molecule has 1 saturated heterocycles. The summed E-state index contributed by atoms with van der Waals surface area (Å²) in [4.78, 5) is 11.1. The molecule has 0 amide bonds. The molecule has 1 N–H and O–H groups in total.